The van der Waals surface area contributed by atoms with Crippen LogP contribution in [0, 0.1) is 0 Å². The second kappa shape index (κ2) is 6.39. The van der Waals surface area contributed by atoms with Gasteiger partial charge in [0, 0.05) is 17.7 Å². The van der Waals surface area contributed by atoms with Gasteiger partial charge in [-0.1, -0.05) is 36.4 Å². The number of allylic oxidation sites excluding steroid dienone is 3. The zero-order valence-electron chi connectivity index (χ0n) is 11.0. The Hall–Kier alpha value is -2.07. The van der Waals surface area contributed by atoms with Crippen LogP contribution < -0.4 is 5.73 Å². The molecule has 4 heteroatoms. The lowest BCUT2D eigenvalue weighted by molar-refractivity contribution is -0.115. The number of thioether (sulfide) groups is 1. The van der Waals surface area contributed by atoms with Gasteiger partial charge in [-0.15, -0.1) is 18.3 Å². The van der Waals surface area contributed by atoms with E-state index < -0.39 is 0 Å². The number of hydrogen-bond donors (Lipinski definition) is 1. The molecule has 1 aliphatic carbocycles. The fraction of sp³-hybridized carbons (Fsp3) is 0.125. The quantitative estimate of drug-likeness (QED) is 0.666. The fourth-order valence-electron chi connectivity index (χ4n) is 1.94. The third-order valence-corrected chi connectivity index (χ3v) is 4.01. The van der Waals surface area contributed by atoms with Gasteiger partial charge >= 0.3 is 0 Å². The predicted octanol–water partition coefficient (Wildman–Crippen LogP) is 2.40. The zero-order chi connectivity index (χ0) is 14.5. The van der Waals surface area contributed by atoms with Crippen LogP contribution in [0.1, 0.15) is 5.56 Å². The molecule has 0 spiro atoms. The highest BCUT2D eigenvalue weighted by Crippen LogP contribution is 2.27. The highest BCUT2D eigenvalue weighted by Gasteiger charge is 2.26. The van der Waals surface area contributed by atoms with E-state index in [1.807, 2.05) is 30.3 Å². The molecular formula is C16H15NO2S. The SMILES string of the molecule is C=CCSC1=C(N)C(=O)C(Cc2ccccc2)=CC1=O. The number of carbonyl (C=O) groups is 2. The van der Waals surface area contributed by atoms with Gasteiger partial charge in [0.1, 0.15) is 0 Å². The van der Waals surface area contributed by atoms with Crippen molar-refractivity contribution in [3.63, 3.8) is 0 Å². The lowest BCUT2D eigenvalue weighted by Crippen LogP contribution is -2.24. The Morgan fingerprint density at radius 1 is 1.20 bits per heavy atom. The highest BCUT2D eigenvalue weighted by atomic mass is 32.2. The molecule has 0 aromatic heterocycles. The molecule has 0 heterocycles. The lowest BCUT2D eigenvalue weighted by Gasteiger charge is -2.15. The molecule has 1 aromatic carbocycles. The summed E-state index contributed by atoms with van der Waals surface area (Å²) in [5.41, 5.74) is 7.29. The molecule has 3 nitrogen and oxygen atoms in total. The van der Waals surface area contributed by atoms with Crippen molar-refractivity contribution in [2.75, 3.05) is 5.75 Å². The molecule has 0 atom stereocenters. The van der Waals surface area contributed by atoms with Gasteiger partial charge in [-0.25, -0.2) is 0 Å². The van der Waals surface area contributed by atoms with Gasteiger partial charge in [0.25, 0.3) is 0 Å². The first-order chi connectivity index (χ1) is 9.63. The molecular weight excluding hydrogens is 270 g/mol. The second-order valence-corrected chi connectivity index (χ2v) is 5.40. The maximum absolute atomic E-state index is 12.2. The zero-order valence-corrected chi connectivity index (χ0v) is 11.8. The first-order valence-electron chi connectivity index (χ1n) is 6.20. The minimum absolute atomic E-state index is 0.0512. The van der Waals surface area contributed by atoms with Crippen LogP contribution >= 0.6 is 11.8 Å². The molecule has 1 aliphatic rings. The van der Waals surface area contributed by atoms with Crippen LogP contribution in [0.5, 0.6) is 0 Å². The second-order valence-electron chi connectivity index (χ2n) is 4.37. The average Bonchev–Trinajstić information content (AvgIpc) is 2.45. The van der Waals surface area contributed by atoms with E-state index in [0.717, 1.165) is 5.56 Å². The van der Waals surface area contributed by atoms with Crippen molar-refractivity contribution in [3.05, 3.63) is 70.8 Å². The lowest BCUT2D eigenvalue weighted by atomic mass is 9.95. The Kier molecular flexibility index (Phi) is 4.58. The predicted molar refractivity (Wildman–Crippen MR) is 82.1 cm³/mol. The van der Waals surface area contributed by atoms with E-state index >= 15 is 0 Å². The monoisotopic (exact) mass is 285 g/mol. The molecule has 0 amide bonds. The molecule has 0 unspecified atom stereocenters. The highest BCUT2D eigenvalue weighted by molar-refractivity contribution is 8.04. The summed E-state index contributed by atoms with van der Waals surface area (Å²) >= 11 is 1.25. The Balaban J connectivity index is 2.21. The van der Waals surface area contributed by atoms with E-state index in [9.17, 15) is 9.59 Å². The van der Waals surface area contributed by atoms with E-state index in [1.54, 1.807) is 6.08 Å². The van der Waals surface area contributed by atoms with Crippen LogP contribution in [0.4, 0.5) is 0 Å². The Labute approximate surface area is 122 Å². The van der Waals surface area contributed by atoms with Crippen molar-refractivity contribution in [1.82, 2.24) is 0 Å². The summed E-state index contributed by atoms with van der Waals surface area (Å²) in [5.74, 6) is 0.108. The van der Waals surface area contributed by atoms with Crippen molar-refractivity contribution in [1.29, 1.82) is 0 Å². The topological polar surface area (TPSA) is 60.2 Å². The minimum Gasteiger partial charge on any atom is -0.395 e. The molecule has 0 saturated heterocycles. The molecule has 0 radical (unpaired) electrons. The molecule has 2 rings (SSSR count). The Morgan fingerprint density at radius 3 is 2.55 bits per heavy atom. The van der Waals surface area contributed by atoms with Gasteiger partial charge in [0.05, 0.1) is 10.6 Å². The van der Waals surface area contributed by atoms with Crippen LogP contribution in [-0.2, 0) is 16.0 Å². The summed E-state index contributed by atoms with van der Waals surface area (Å²) in [6, 6.07) is 9.54. The van der Waals surface area contributed by atoms with E-state index in [1.165, 1.54) is 17.8 Å². The Morgan fingerprint density at radius 2 is 1.90 bits per heavy atom. The van der Waals surface area contributed by atoms with Gasteiger partial charge in [0.2, 0.25) is 5.78 Å². The maximum atomic E-state index is 12.2. The van der Waals surface area contributed by atoms with Crippen molar-refractivity contribution >= 4 is 23.3 Å². The number of ketones is 2. The van der Waals surface area contributed by atoms with Gasteiger partial charge in [-0.2, -0.15) is 0 Å². The number of hydrogen-bond acceptors (Lipinski definition) is 4. The van der Waals surface area contributed by atoms with Crippen LogP contribution in [0.25, 0.3) is 0 Å². The van der Waals surface area contributed by atoms with Crippen LogP contribution in [0.15, 0.2) is 65.2 Å². The summed E-state index contributed by atoms with van der Waals surface area (Å²) in [5, 5.41) is 0. The van der Waals surface area contributed by atoms with Gasteiger partial charge in [-0.05, 0) is 11.6 Å². The Bertz CT molecular complexity index is 615. The number of benzene rings is 1. The summed E-state index contributed by atoms with van der Waals surface area (Å²) < 4.78 is 0. The third-order valence-electron chi connectivity index (χ3n) is 2.89. The van der Waals surface area contributed by atoms with Crippen molar-refractivity contribution in [3.8, 4) is 0 Å². The molecule has 0 bridgehead atoms. The van der Waals surface area contributed by atoms with Gasteiger partial charge in [-0.3, -0.25) is 9.59 Å². The standard InChI is InChI=1S/C16H15NO2S/c1-2-8-20-16-13(18)10-12(15(19)14(16)17)9-11-6-4-3-5-7-11/h2-7,10H,1,8-9,17H2. The van der Waals surface area contributed by atoms with E-state index in [4.69, 9.17) is 5.73 Å². The van der Waals surface area contributed by atoms with Gasteiger partial charge < -0.3 is 5.73 Å². The summed E-state index contributed by atoms with van der Waals surface area (Å²) in [6.45, 7) is 3.59. The van der Waals surface area contributed by atoms with E-state index in [0.29, 0.717) is 22.7 Å². The third kappa shape index (κ3) is 3.08. The van der Waals surface area contributed by atoms with Gasteiger partial charge in [0.15, 0.2) is 5.78 Å². The largest absolute Gasteiger partial charge is 0.395 e. The van der Waals surface area contributed by atoms with Crippen LogP contribution in [0.3, 0.4) is 0 Å². The number of rotatable bonds is 5. The first kappa shape index (κ1) is 14.3. The molecule has 0 saturated carbocycles. The van der Waals surface area contributed by atoms with E-state index in [2.05, 4.69) is 6.58 Å². The maximum Gasteiger partial charge on any atom is 0.206 e. The normalized spacial score (nSPS) is 15.3. The molecule has 102 valence electrons. The van der Waals surface area contributed by atoms with Crippen LogP contribution in [-0.4, -0.2) is 17.3 Å². The van der Waals surface area contributed by atoms with Crippen molar-refractivity contribution in [2.45, 2.75) is 6.42 Å². The molecule has 0 fully saturated rings. The molecule has 2 N–H and O–H groups in total. The minimum atomic E-state index is -0.250. The molecule has 20 heavy (non-hydrogen) atoms. The fourth-order valence-corrected chi connectivity index (χ4v) is 2.67. The van der Waals surface area contributed by atoms with E-state index in [-0.39, 0.29) is 17.3 Å². The van der Waals surface area contributed by atoms with Crippen LogP contribution in [0.2, 0.25) is 0 Å². The van der Waals surface area contributed by atoms with Crippen molar-refractivity contribution in [2.24, 2.45) is 5.73 Å². The number of nitrogens with two attached hydrogens (primary N) is 1. The summed E-state index contributed by atoms with van der Waals surface area (Å²) in [7, 11) is 0. The summed E-state index contributed by atoms with van der Waals surface area (Å²) in [4.78, 5) is 24.6. The molecule has 1 aromatic rings. The first-order valence-corrected chi connectivity index (χ1v) is 7.19. The number of Topliss-reactive ketones (excluding diaryl/α,β-unsaturated/α-hetero) is 1. The number of carbonyl (C=O) groups excluding carboxylic acids is 2. The average molecular weight is 285 g/mol. The summed E-state index contributed by atoms with van der Waals surface area (Å²) in [6.07, 6.45) is 3.49. The van der Waals surface area contributed by atoms with Crippen molar-refractivity contribution < 1.29 is 9.59 Å². The smallest absolute Gasteiger partial charge is 0.206 e. The molecule has 0 aliphatic heterocycles.